The molecule has 1 fully saturated rings. The van der Waals surface area contributed by atoms with Gasteiger partial charge >= 0.3 is 29.8 Å². The molecule has 28 heavy (non-hydrogen) atoms. The lowest BCUT2D eigenvalue weighted by Gasteiger charge is -1.96. The van der Waals surface area contributed by atoms with E-state index in [1.807, 2.05) is 0 Å². The van der Waals surface area contributed by atoms with Gasteiger partial charge in [0.2, 0.25) is 0 Å². The second-order valence-electron chi connectivity index (χ2n) is 4.46. The van der Waals surface area contributed by atoms with Crippen LogP contribution in [0.4, 0.5) is 0 Å². The second kappa shape index (κ2) is 16.9. The van der Waals surface area contributed by atoms with Crippen LogP contribution >= 0.6 is 0 Å². The fourth-order valence-corrected chi connectivity index (χ4v) is 1.09. The highest BCUT2D eigenvalue weighted by molar-refractivity contribution is 5.96. The third-order valence-corrected chi connectivity index (χ3v) is 2.14. The number of aliphatic hydroxyl groups is 1. The molecule has 10 nitrogen and oxygen atoms in total. The summed E-state index contributed by atoms with van der Waals surface area (Å²) in [6.45, 7) is 11.4. The van der Waals surface area contributed by atoms with Crippen LogP contribution in [0.25, 0.3) is 0 Å². The van der Waals surface area contributed by atoms with Crippen molar-refractivity contribution in [3.63, 3.8) is 0 Å². The van der Waals surface area contributed by atoms with Gasteiger partial charge in [0.05, 0.1) is 12.7 Å². The van der Waals surface area contributed by atoms with Gasteiger partial charge in [-0.25, -0.2) is 14.4 Å². The molecule has 154 valence electrons. The van der Waals surface area contributed by atoms with Crippen LogP contribution in [0.5, 0.6) is 0 Å². The zero-order chi connectivity index (χ0) is 21.9. The van der Waals surface area contributed by atoms with E-state index >= 15 is 0 Å². The summed E-state index contributed by atoms with van der Waals surface area (Å²) in [6.07, 6.45) is 4.54. The topological polar surface area (TPSA) is 142 Å². The third-order valence-electron chi connectivity index (χ3n) is 2.14. The van der Waals surface area contributed by atoms with Gasteiger partial charge in [0.1, 0.15) is 13.2 Å². The van der Waals surface area contributed by atoms with Crippen LogP contribution in [0.15, 0.2) is 50.3 Å². The Morgan fingerprint density at radius 3 is 1.71 bits per heavy atom. The highest BCUT2D eigenvalue weighted by Gasteiger charge is 2.30. The fraction of sp³-hybridized carbons (Fsp3) is 0.278. The highest BCUT2D eigenvalue weighted by atomic mass is 16.6. The minimum Gasteiger partial charge on any atom is -0.458 e. The molecule has 0 aromatic carbocycles. The van der Waals surface area contributed by atoms with Gasteiger partial charge in [0.15, 0.2) is 6.10 Å². The lowest BCUT2D eigenvalue weighted by molar-refractivity contribution is -0.154. The molecule has 0 aromatic heterocycles. The molecule has 0 bridgehead atoms. The number of rotatable bonds is 7. The molecule has 0 amide bonds. The molecular formula is C18H22O10. The van der Waals surface area contributed by atoms with E-state index in [-0.39, 0.29) is 25.6 Å². The van der Waals surface area contributed by atoms with Gasteiger partial charge < -0.3 is 24.1 Å². The molecule has 1 rings (SSSR count). The molecular weight excluding hydrogens is 376 g/mol. The van der Waals surface area contributed by atoms with E-state index in [9.17, 15) is 24.0 Å². The van der Waals surface area contributed by atoms with Crippen molar-refractivity contribution in [2.75, 3.05) is 13.2 Å². The predicted molar refractivity (Wildman–Crippen MR) is 95.1 cm³/mol. The Kier molecular flexibility index (Phi) is 16.1. The molecule has 1 unspecified atom stereocenters. The van der Waals surface area contributed by atoms with E-state index in [1.165, 1.54) is 19.1 Å². The standard InChI is InChI=1S/C10H12O4.C4H4O4.C4H6O2/c1-3-7-13-9(11)5-6-10(12)14-8-4-2;5-2-1-3(6)8-4(2)7;1-3-6-4(2)5/h3-6H,1-2,7-8H2;2,5H,1H2;3H,1H2,2H3. The van der Waals surface area contributed by atoms with Gasteiger partial charge in [0.25, 0.3) is 0 Å². The fourth-order valence-electron chi connectivity index (χ4n) is 1.09. The van der Waals surface area contributed by atoms with Crippen LogP contribution < -0.4 is 0 Å². The molecule has 1 atom stereocenters. The molecule has 1 N–H and O–H groups in total. The lowest BCUT2D eigenvalue weighted by Crippen LogP contribution is -2.11. The molecule has 0 aliphatic carbocycles. The van der Waals surface area contributed by atoms with Gasteiger partial charge in [-0.05, 0) is 0 Å². The lowest BCUT2D eigenvalue weighted by atomic mass is 10.3. The van der Waals surface area contributed by atoms with Crippen molar-refractivity contribution >= 4 is 29.8 Å². The molecule has 0 radical (unpaired) electrons. The molecule has 10 heteroatoms. The molecule has 0 aromatic rings. The van der Waals surface area contributed by atoms with E-state index < -0.39 is 30.0 Å². The average molecular weight is 398 g/mol. The van der Waals surface area contributed by atoms with Crippen LogP contribution in [0.2, 0.25) is 0 Å². The first-order chi connectivity index (χ1) is 13.2. The summed E-state index contributed by atoms with van der Waals surface area (Å²) in [7, 11) is 0. The Labute approximate surface area is 161 Å². The van der Waals surface area contributed by atoms with Crippen molar-refractivity contribution in [3.8, 4) is 0 Å². The Hall–Kier alpha value is -3.53. The molecule has 1 aliphatic rings. The summed E-state index contributed by atoms with van der Waals surface area (Å²) in [5, 5.41) is 8.47. The Balaban J connectivity index is 0. The van der Waals surface area contributed by atoms with Gasteiger partial charge in [-0.15, -0.1) is 0 Å². The van der Waals surface area contributed by atoms with Crippen molar-refractivity contribution in [1.29, 1.82) is 0 Å². The quantitative estimate of drug-likeness (QED) is 0.161. The maximum Gasteiger partial charge on any atom is 0.343 e. The summed E-state index contributed by atoms with van der Waals surface area (Å²) in [5.74, 6) is -3.04. The second-order valence-corrected chi connectivity index (χ2v) is 4.46. The SMILES string of the molecule is C=CCOC(=O)C=CC(=O)OCC=C.C=COC(C)=O.O=C1CC(O)C(=O)O1. The van der Waals surface area contributed by atoms with Crippen molar-refractivity contribution in [2.45, 2.75) is 19.4 Å². The minimum atomic E-state index is -1.22. The maximum absolute atomic E-state index is 10.8. The first kappa shape index (κ1) is 26.7. The number of hydrogen-bond donors (Lipinski definition) is 1. The smallest absolute Gasteiger partial charge is 0.343 e. The van der Waals surface area contributed by atoms with Gasteiger partial charge in [-0.2, -0.15) is 0 Å². The van der Waals surface area contributed by atoms with Crippen molar-refractivity contribution in [2.24, 2.45) is 0 Å². The molecule has 1 saturated heterocycles. The first-order valence-electron chi connectivity index (χ1n) is 7.61. The molecule has 0 spiro atoms. The Morgan fingerprint density at radius 2 is 1.54 bits per heavy atom. The van der Waals surface area contributed by atoms with Crippen LogP contribution in [0.3, 0.4) is 0 Å². The molecule has 1 aliphatic heterocycles. The van der Waals surface area contributed by atoms with Crippen LogP contribution in [-0.4, -0.2) is 54.3 Å². The highest BCUT2D eigenvalue weighted by Crippen LogP contribution is 2.05. The zero-order valence-electron chi connectivity index (χ0n) is 15.3. The average Bonchev–Trinajstić information content (AvgIpc) is 2.92. The third kappa shape index (κ3) is 17.3. The minimum absolute atomic E-state index is 0.116. The Morgan fingerprint density at radius 1 is 1.07 bits per heavy atom. The number of carbonyl (C=O) groups is 5. The molecule has 1 heterocycles. The van der Waals surface area contributed by atoms with E-state index in [2.05, 4.69) is 38.7 Å². The normalized spacial score (nSPS) is 14.3. The van der Waals surface area contributed by atoms with Crippen LogP contribution in [-0.2, 0) is 42.9 Å². The van der Waals surface area contributed by atoms with Crippen molar-refractivity contribution < 1.29 is 48.0 Å². The molecule has 0 saturated carbocycles. The van der Waals surface area contributed by atoms with E-state index in [4.69, 9.17) is 5.11 Å². The Bertz CT molecular complexity index is 592. The summed E-state index contributed by atoms with van der Waals surface area (Å²) >= 11 is 0. The van der Waals surface area contributed by atoms with Crippen LogP contribution in [0, 0.1) is 0 Å². The maximum atomic E-state index is 10.8. The summed E-state index contributed by atoms with van der Waals surface area (Å²) in [4.78, 5) is 51.5. The monoisotopic (exact) mass is 398 g/mol. The predicted octanol–water partition coefficient (Wildman–Crippen LogP) is 0.515. The van der Waals surface area contributed by atoms with Gasteiger partial charge in [-0.3, -0.25) is 9.59 Å². The number of esters is 5. The summed E-state index contributed by atoms with van der Waals surface area (Å²) in [6, 6.07) is 0. The van der Waals surface area contributed by atoms with E-state index in [1.54, 1.807) is 0 Å². The van der Waals surface area contributed by atoms with E-state index in [0.29, 0.717) is 0 Å². The largest absolute Gasteiger partial charge is 0.458 e. The summed E-state index contributed by atoms with van der Waals surface area (Å²) in [5.41, 5.74) is 0. The van der Waals surface area contributed by atoms with Crippen molar-refractivity contribution in [1.82, 2.24) is 0 Å². The number of carbonyl (C=O) groups excluding carboxylic acids is 5. The number of ether oxygens (including phenoxy) is 4. The number of hydrogen-bond acceptors (Lipinski definition) is 10. The first-order valence-corrected chi connectivity index (χ1v) is 7.61. The van der Waals surface area contributed by atoms with Gasteiger partial charge in [0, 0.05) is 19.1 Å². The number of cyclic esters (lactones) is 2. The zero-order valence-corrected chi connectivity index (χ0v) is 15.3. The van der Waals surface area contributed by atoms with Gasteiger partial charge in [-0.1, -0.05) is 31.9 Å². The summed E-state index contributed by atoms with van der Waals surface area (Å²) < 4.78 is 17.3. The van der Waals surface area contributed by atoms with Crippen molar-refractivity contribution in [3.05, 3.63) is 50.3 Å². The number of aliphatic hydroxyl groups excluding tert-OH is 1. The van der Waals surface area contributed by atoms with Crippen LogP contribution in [0.1, 0.15) is 13.3 Å². The van der Waals surface area contributed by atoms with E-state index in [0.717, 1.165) is 18.4 Å².